The van der Waals surface area contributed by atoms with Gasteiger partial charge < -0.3 is 4.52 Å². The van der Waals surface area contributed by atoms with Gasteiger partial charge in [0.15, 0.2) is 11.5 Å². The quantitative estimate of drug-likeness (QED) is 0.720. The summed E-state index contributed by atoms with van der Waals surface area (Å²) in [4.78, 5) is 0. The predicted octanol–water partition coefficient (Wildman–Crippen LogP) is 2.49. The fourth-order valence-electron chi connectivity index (χ4n) is 1.14. The molecule has 0 saturated heterocycles. The van der Waals surface area contributed by atoms with E-state index in [1.807, 2.05) is 0 Å². The summed E-state index contributed by atoms with van der Waals surface area (Å²) in [5.41, 5.74) is 0.124. The van der Waals surface area contributed by atoms with Gasteiger partial charge in [-0.2, -0.15) is 5.26 Å². The van der Waals surface area contributed by atoms with Crippen molar-refractivity contribution in [1.29, 1.82) is 5.26 Å². The van der Waals surface area contributed by atoms with Crippen molar-refractivity contribution in [3.8, 4) is 17.4 Å². The molecule has 0 aliphatic heterocycles. The number of benzene rings is 1. The van der Waals surface area contributed by atoms with Gasteiger partial charge in [-0.05, 0) is 12.1 Å². The smallest absolute Gasteiger partial charge is 0.184 e. The van der Waals surface area contributed by atoms with Crippen LogP contribution in [-0.2, 0) is 0 Å². The summed E-state index contributed by atoms with van der Waals surface area (Å²) in [5, 5.41) is 11.9. The minimum absolute atomic E-state index is 0.0497. The van der Waals surface area contributed by atoms with E-state index in [-0.39, 0.29) is 17.0 Å². The van der Waals surface area contributed by atoms with Crippen LogP contribution in [0.25, 0.3) is 11.3 Å². The Morgan fingerprint density at radius 2 is 2.07 bits per heavy atom. The van der Waals surface area contributed by atoms with Crippen LogP contribution in [0.1, 0.15) is 5.69 Å². The maximum atomic E-state index is 13.2. The third-order valence-electron chi connectivity index (χ3n) is 1.82. The van der Waals surface area contributed by atoms with Gasteiger partial charge in [0.1, 0.15) is 17.7 Å². The van der Waals surface area contributed by atoms with Crippen LogP contribution in [0.15, 0.2) is 28.8 Å². The molecular formula is C10H4F2N2O. The average molecular weight is 206 g/mol. The van der Waals surface area contributed by atoms with E-state index < -0.39 is 11.6 Å². The number of aromatic nitrogens is 1. The van der Waals surface area contributed by atoms with Crippen molar-refractivity contribution in [3.05, 3.63) is 41.6 Å². The van der Waals surface area contributed by atoms with Crippen LogP contribution in [0.3, 0.4) is 0 Å². The van der Waals surface area contributed by atoms with Crippen LogP contribution >= 0.6 is 0 Å². The molecule has 1 aromatic heterocycles. The second-order valence-corrected chi connectivity index (χ2v) is 2.81. The van der Waals surface area contributed by atoms with E-state index in [1.54, 1.807) is 6.07 Å². The molecule has 0 atom stereocenters. The van der Waals surface area contributed by atoms with Crippen molar-refractivity contribution >= 4 is 0 Å². The number of halogens is 2. The van der Waals surface area contributed by atoms with Crippen molar-refractivity contribution in [2.24, 2.45) is 0 Å². The fraction of sp³-hybridized carbons (Fsp3) is 0. The van der Waals surface area contributed by atoms with E-state index in [4.69, 9.17) is 9.78 Å². The molecule has 1 aromatic carbocycles. The monoisotopic (exact) mass is 206 g/mol. The zero-order valence-corrected chi connectivity index (χ0v) is 7.37. The first-order valence-electron chi connectivity index (χ1n) is 4.03. The van der Waals surface area contributed by atoms with E-state index in [0.717, 1.165) is 12.1 Å². The highest BCUT2D eigenvalue weighted by atomic mass is 19.1. The molecule has 2 aromatic rings. The molecular weight excluding hydrogens is 202 g/mol. The zero-order chi connectivity index (χ0) is 10.8. The first-order chi connectivity index (χ1) is 7.20. The standard InChI is InChI=1S/C10H4F2N2O/c11-6-1-2-8(9(12)3-6)10-4-7(5-13)14-15-10/h1-4H. The molecule has 2 rings (SSSR count). The van der Waals surface area contributed by atoms with Crippen molar-refractivity contribution in [2.45, 2.75) is 0 Å². The Kier molecular flexibility index (Phi) is 2.18. The van der Waals surface area contributed by atoms with E-state index in [1.165, 1.54) is 12.1 Å². The Bertz CT molecular complexity index is 543. The number of nitrogens with zero attached hydrogens (tertiary/aromatic N) is 2. The van der Waals surface area contributed by atoms with Gasteiger partial charge in [0.05, 0.1) is 5.56 Å². The lowest BCUT2D eigenvalue weighted by Crippen LogP contribution is -1.84. The summed E-state index contributed by atoms with van der Waals surface area (Å²) in [5.74, 6) is -1.32. The third kappa shape index (κ3) is 1.70. The first-order valence-corrected chi connectivity index (χ1v) is 4.03. The SMILES string of the molecule is N#Cc1cc(-c2ccc(F)cc2F)on1. The molecule has 3 nitrogen and oxygen atoms in total. The molecule has 15 heavy (non-hydrogen) atoms. The molecule has 0 aliphatic carbocycles. The molecule has 0 bridgehead atoms. The van der Waals surface area contributed by atoms with Gasteiger partial charge in [-0.3, -0.25) is 0 Å². The first kappa shape index (κ1) is 9.34. The summed E-state index contributed by atoms with van der Waals surface area (Å²) in [6.07, 6.45) is 0. The lowest BCUT2D eigenvalue weighted by molar-refractivity contribution is 0.427. The highest BCUT2D eigenvalue weighted by Gasteiger charge is 2.11. The number of nitriles is 1. The van der Waals surface area contributed by atoms with Crippen molar-refractivity contribution in [2.75, 3.05) is 0 Å². The van der Waals surface area contributed by atoms with E-state index >= 15 is 0 Å². The molecule has 74 valence electrons. The normalized spacial score (nSPS) is 9.93. The minimum atomic E-state index is -0.754. The Morgan fingerprint density at radius 3 is 2.67 bits per heavy atom. The molecule has 0 spiro atoms. The van der Waals surface area contributed by atoms with Gasteiger partial charge in [0.25, 0.3) is 0 Å². The molecule has 5 heteroatoms. The summed E-state index contributed by atoms with van der Waals surface area (Å²) in [6, 6.07) is 6.11. The van der Waals surface area contributed by atoms with Crippen molar-refractivity contribution in [1.82, 2.24) is 5.16 Å². The maximum Gasteiger partial charge on any atom is 0.184 e. The molecule has 0 unspecified atom stereocenters. The van der Waals surface area contributed by atoms with Crippen LogP contribution in [-0.4, -0.2) is 5.16 Å². The van der Waals surface area contributed by atoms with Crippen LogP contribution in [0.4, 0.5) is 8.78 Å². The summed E-state index contributed by atoms with van der Waals surface area (Å²) >= 11 is 0. The van der Waals surface area contributed by atoms with Crippen LogP contribution in [0.2, 0.25) is 0 Å². The van der Waals surface area contributed by atoms with Gasteiger partial charge in [-0.1, -0.05) is 5.16 Å². The highest BCUT2D eigenvalue weighted by Crippen LogP contribution is 2.23. The molecule has 0 amide bonds. The predicted molar refractivity (Wildman–Crippen MR) is 46.6 cm³/mol. The van der Waals surface area contributed by atoms with Gasteiger partial charge in [-0.25, -0.2) is 8.78 Å². The molecule has 0 N–H and O–H groups in total. The lowest BCUT2D eigenvalue weighted by Gasteiger charge is -1.96. The molecule has 1 heterocycles. The fourth-order valence-corrected chi connectivity index (χ4v) is 1.14. The Hall–Kier alpha value is -2.22. The number of rotatable bonds is 1. The minimum Gasteiger partial charge on any atom is -0.355 e. The largest absolute Gasteiger partial charge is 0.355 e. The van der Waals surface area contributed by atoms with Gasteiger partial charge in [0, 0.05) is 12.1 Å². The summed E-state index contributed by atoms with van der Waals surface area (Å²) in [7, 11) is 0. The maximum absolute atomic E-state index is 13.2. The zero-order valence-electron chi connectivity index (χ0n) is 7.37. The van der Waals surface area contributed by atoms with Crippen molar-refractivity contribution in [3.63, 3.8) is 0 Å². The van der Waals surface area contributed by atoms with Gasteiger partial charge >= 0.3 is 0 Å². The Labute approximate surface area is 83.5 Å². The van der Waals surface area contributed by atoms with E-state index in [9.17, 15) is 8.78 Å². The lowest BCUT2D eigenvalue weighted by atomic mass is 10.1. The number of hydrogen-bond acceptors (Lipinski definition) is 3. The Balaban J connectivity index is 2.50. The van der Waals surface area contributed by atoms with Crippen LogP contribution in [0, 0.1) is 23.0 Å². The summed E-state index contributed by atoms with van der Waals surface area (Å²) in [6.45, 7) is 0. The second kappa shape index (κ2) is 3.50. The van der Waals surface area contributed by atoms with E-state index in [0.29, 0.717) is 0 Å². The molecule has 0 aliphatic rings. The molecule has 0 saturated carbocycles. The second-order valence-electron chi connectivity index (χ2n) is 2.81. The summed E-state index contributed by atoms with van der Waals surface area (Å²) < 4.78 is 30.6. The van der Waals surface area contributed by atoms with Gasteiger partial charge in [0.2, 0.25) is 0 Å². The number of hydrogen-bond donors (Lipinski definition) is 0. The highest BCUT2D eigenvalue weighted by molar-refractivity contribution is 5.58. The van der Waals surface area contributed by atoms with Gasteiger partial charge in [-0.15, -0.1) is 0 Å². The molecule has 0 radical (unpaired) electrons. The third-order valence-corrected chi connectivity index (χ3v) is 1.82. The van der Waals surface area contributed by atoms with Crippen LogP contribution in [0.5, 0.6) is 0 Å². The van der Waals surface area contributed by atoms with Crippen LogP contribution < -0.4 is 0 Å². The average Bonchev–Trinajstić information content (AvgIpc) is 2.66. The van der Waals surface area contributed by atoms with Crippen molar-refractivity contribution < 1.29 is 13.3 Å². The van der Waals surface area contributed by atoms with E-state index in [2.05, 4.69) is 5.16 Å². The topological polar surface area (TPSA) is 49.8 Å². The Morgan fingerprint density at radius 1 is 1.27 bits per heavy atom. The molecule has 0 fully saturated rings.